The Kier molecular flexibility index (Phi) is 3.84. The van der Waals surface area contributed by atoms with Gasteiger partial charge in [-0.2, -0.15) is 5.10 Å². The molecule has 16 heavy (non-hydrogen) atoms. The van der Waals surface area contributed by atoms with Gasteiger partial charge in [-0.3, -0.25) is 4.68 Å². The molecule has 1 fully saturated rings. The monoisotopic (exact) mass is 244 g/mol. The van der Waals surface area contributed by atoms with Crippen molar-refractivity contribution in [2.45, 2.75) is 32.5 Å². The highest BCUT2D eigenvalue weighted by atomic mass is 35.5. The molecule has 0 aliphatic carbocycles. The van der Waals surface area contributed by atoms with Crippen LogP contribution in [0.3, 0.4) is 0 Å². The maximum absolute atomic E-state index is 6.13. The van der Waals surface area contributed by atoms with Crippen molar-refractivity contribution in [1.29, 1.82) is 0 Å². The summed E-state index contributed by atoms with van der Waals surface area (Å²) in [6.07, 6.45) is 2.23. The van der Waals surface area contributed by atoms with Gasteiger partial charge in [0.1, 0.15) is 5.15 Å². The predicted molar refractivity (Wildman–Crippen MR) is 61.6 cm³/mol. The Labute approximate surface area is 100 Å². The third kappa shape index (κ3) is 2.56. The van der Waals surface area contributed by atoms with Crippen LogP contribution in [0.5, 0.6) is 0 Å². The molecule has 2 rings (SSSR count). The largest absolute Gasteiger partial charge is 0.381 e. The van der Waals surface area contributed by atoms with E-state index >= 15 is 0 Å². The molecule has 1 aromatic rings. The van der Waals surface area contributed by atoms with Gasteiger partial charge in [0.25, 0.3) is 0 Å². The second-order valence-corrected chi connectivity index (χ2v) is 4.46. The quantitative estimate of drug-likeness (QED) is 0.817. The molecule has 4 nitrogen and oxygen atoms in total. The lowest BCUT2D eigenvalue weighted by atomic mass is 10.1. The SMILES string of the molecule is Cc1nn(C)c(Cl)c1COC1CCOCC1. The van der Waals surface area contributed by atoms with Crippen LogP contribution in [0.15, 0.2) is 0 Å². The van der Waals surface area contributed by atoms with Crippen molar-refractivity contribution in [3.8, 4) is 0 Å². The average molecular weight is 245 g/mol. The number of hydrogen-bond donors (Lipinski definition) is 0. The Morgan fingerprint density at radius 2 is 2.19 bits per heavy atom. The Bertz CT molecular complexity index is 359. The molecule has 0 aromatic carbocycles. The molecule has 1 saturated heterocycles. The van der Waals surface area contributed by atoms with E-state index in [1.54, 1.807) is 4.68 Å². The van der Waals surface area contributed by atoms with E-state index in [2.05, 4.69) is 5.10 Å². The van der Waals surface area contributed by atoms with E-state index in [1.165, 1.54) is 0 Å². The maximum Gasteiger partial charge on any atom is 0.132 e. The first-order chi connectivity index (χ1) is 7.68. The number of aryl methyl sites for hydroxylation is 2. The van der Waals surface area contributed by atoms with Gasteiger partial charge in [0.2, 0.25) is 0 Å². The van der Waals surface area contributed by atoms with Crippen LogP contribution in [-0.2, 0) is 23.1 Å². The van der Waals surface area contributed by atoms with Gasteiger partial charge in [0, 0.05) is 25.8 Å². The van der Waals surface area contributed by atoms with E-state index in [9.17, 15) is 0 Å². The lowest BCUT2D eigenvalue weighted by Crippen LogP contribution is -2.23. The first-order valence-electron chi connectivity index (χ1n) is 5.56. The van der Waals surface area contributed by atoms with Gasteiger partial charge in [-0.05, 0) is 19.8 Å². The van der Waals surface area contributed by atoms with E-state index in [1.807, 2.05) is 14.0 Å². The summed E-state index contributed by atoms with van der Waals surface area (Å²) in [4.78, 5) is 0. The van der Waals surface area contributed by atoms with Crippen LogP contribution < -0.4 is 0 Å². The van der Waals surface area contributed by atoms with Gasteiger partial charge in [0.15, 0.2) is 0 Å². The van der Waals surface area contributed by atoms with Gasteiger partial charge in [-0.25, -0.2) is 0 Å². The van der Waals surface area contributed by atoms with Crippen molar-refractivity contribution >= 4 is 11.6 Å². The zero-order valence-corrected chi connectivity index (χ0v) is 10.5. The van der Waals surface area contributed by atoms with Gasteiger partial charge in [0.05, 0.1) is 18.4 Å². The molecular weight excluding hydrogens is 228 g/mol. The van der Waals surface area contributed by atoms with Crippen LogP contribution in [0.4, 0.5) is 0 Å². The molecule has 5 heteroatoms. The van der Waals surface area contributed by atoms with Crippen molar-refractivity contribution in [1.82, 2.24) is 9.78 Å². The topological polar surface area (TPSA) is 36.3 Å². The summed E-state index contributed by atoms with van der Waals surface area (Å²) in [5.74, 6) is 0. The minimum atomic E-state index is 0.296. The molecule has 0 spiro atoms. The Balaban J connectivity index is 1.93. The van der Waals surface area contributed by atoms with Crippen molar-refractivity contribution < 1.29 is 9.47 Å². The molecule has 0 unspecified atom stereocenters. The van der Waals surface area contributed by atoms with Crippen LogP contribution in [0.25, 0.3) is 0 Å². The standard InChI is InChI=1S/C11H17ClN2O2/c1-8-10(11(12)14(2)13-8)7-16-9-3-5-15-6-4-9/h9H,3-7H2,1-2H3. The van der Waals surface area contributed by atoms with Crippen LogP contribution >= 0.6 is 11.6 Å². The number of ether oxygens (including phenoxy) is 2. The Morgan fingerprint density at radius 1 is 1.50 bits per heavy atom. The van der Waals surface area contributed by atoms with Crippen molar-refractivity contribution in [3.05, 3.63) is 16.4 Å². The van der Waals surface area contributed by atoms with E-state index in [4.69, 9.17) is 21.1 Å². The summed E-state index contributed by atoms with van der Waals surface area (Å²) < 4.78 is 12.8. The molecule has 0 N–H and O–H groups in total. The van der Waals surface area contributed by atoms with Gasteiger partial charge in [-0.1, -0.05) is 11.6 Å². The minimum absolute atomic E-state index is 0.296. The van der Waals surface area contributed by atoms with Crippen LogP contribution in [0.2, 0.25) is 5.15 Å². The highest BCUT2D eigenvalue weighted by Crippen LogP contribution is 2.21. The summed E-state index contributed by atoms with van der Waals surface area (Å²) in [6, 6.07) is 0. The van der Waals surface area contributed by atoms with Crippen molar-refractivity contribution in [2.24, 2.45) is 7.05 Å². The van der Waals surface area contributed by atoms with E-state index < -0.39 is 0 Å². The normalized spacial score (nSPS) is 17.9. The number of halogens is 1. The molecule has 0 bridgehead atoms. The minimum Gasteiger partial charge on any atom is -0.381 e. The summed E-state index contributed by atoms with van der Waals surface area (Å²) in [7, 11) is 1.84. The van der Waals surface area contributed by atoms with E-state index in [0.29, 0.717) is 17.9 Å². The molecule has 1 aliphatic rings. The molecule has 90 valence electrons. The molecule has 0 radical (unpaired) electrons. The lowest BCUT2D eigenvalue weighted by Gasteiger charge is -2.22. The second-order valence-electron chi connectivity index (χ2n) is 4.10. The zero-order chi connectivity index (χ0) is 11.5. The second kappa shape index (κ2) is 5.17. The van der Waals surface area contributed by atoms with Crippen molar-refractivity contribution in [2.75, 3.05) is 13.2 Å². The number of nitrogens with zero attached hydrogens (tertiary/aromatic N) is 2. The molecule has 1 aliphatic heterocycles. The van der Waals surface area contributed by atoms with Crippen LogP contribution in [-0.4, -0.2) is 29.1 Å². The first-order valence-corrected chi connectivity index (χ1v) is 5.93. The fourth-order valence-electron chi connectivity index (χ4n) is 1.88. The van der Waals surface area contributed by atoms with Crippen molar-refractivity contribution in [3.63, 3.8) is 0 Å². The Hall–Kier alpha value is -0.580. The third-order valence-corrected chi connectivity index (χ3v) is 3.37. The average Bonchev–Trinajstić information content (AvgIpc) is 2.53. The molecular formula is C11H17ClN2O2. The first kappa shape index (κ1) is 11.9. The van der Waals surface area contributed by atoms with Crippen LogP contribution in [0.1, 0.15) is 24.1 Å². The number of hydrogen-bond acceptors (Lipinski definition) is 3. The third-order valence-electron chi connectivity index (χ3n) is 2.90. The summed E-state index contributed by atoms with van der Waals surface area (Å²) >= 11 is 6.13. The van der Waals surface area contributed by atoms with Gasteiger partial charge >= 0.3 is 0 Å². The number of aromatic nitrogens is 2. The lowest BCUT2D eigenvalue weighted by molar-refractivity contribution is -0.0391. The molecule has 1 aromatic heterocycles. The predicted octanol–water partition coefficient (Wildman–Crippen LogP) is 2.08. The highest BCUT2D eigenvalue weighted by molar-refractivity contribution is 6.30. The summed E-state index contributed by atoms with van der Waals surface area (Å²) in [6.45, 7) is 4.09. The molecule has 0 amide bonds. The van der Waals surface area contributed by atoms with E-state index in [0.717, 1.165) is 37.3 Å². The van der Waals surface area contributed by atoms with Gasteiger partial charge < -0.3 is 9.47 Å². The smallest absolute Gasteiger partial charge is 0.132 e. The fraction of sp³-hybridized carbons (Fsp3) is 0.727. The highest BCUT2D eigenvalue weighted by Gasteiger charge is 2.17. The maximum atomic E-state index is 6.13. The summed E-state index contributed by atoms with van der Waals surface area (Å²) in [5.41, 5.74) is 1.94. The Morgan fingerprint density at radius 3 is 2.75 bits per heavy atom. The molecule has 0 atom stereocenters. The van der Waals surface area contributed by atoms with Crippen LogP contribution in [0, 0.1) is 6.92 Å². The number of rotatable bonds is 3. The molecule has 0 saturated carbocycles. The van der Waals surface area contributed by atoms with Gasteiger partial charge in [-0.15, -0.1) is 0 Å². The zero-order valence-electron chi connectivity index (χ0n) is 9.70. The summed E-state index contributed by atoms with van der Waals surface area (Å²) in [5, 5.41) is 4.93. The molecule has 2 heterocycles. The van der Waals surface area contributed by atoms with E-state index in [-0.39, 0.29) is 0 Å². The fourth-order valence-corrected chi connectivity index (χ4v) is 2.11.